The van der Waals surface area contributed by atoms with Crippen LogP contribution in [-0.4, -0.2) is 24.1 Å². The molecule has 0 spiro atoms. The van der Waals surface area contributed by atoms with Gasteiger partial charge >= 0.3 is 0 Å². The van der Waals surface area contributed by atoms with Gasteiger partial charge in [-0.15, -0.1) is 0 Å². The van der Waals surface area contributed by atoms with Gasteiger partial charge in [0, 0.05) is 28.7 Å². The predicted molar refractivity (Wildman–Crippen MR) is 98.8 cm³/mol. The minimum absolute atomic E-state index is 0.518. The number of nitrogens with one attached hydrogen (secondary N) is 1. The Morgan fingerprint density at radius 1 is 1.13 bits per heavy atom. The quantitative estimate of drug-likeness (QED) is 0.624. The van der Waals surface area contributed by atoms with Gasteiger partial charge < -0.3 is 10.1 Å². The predicted octanol–water partition coefficient (Wildman–Crippen LogP) is 5.42. The lowest BCUT2D eigenvalue weighted by atomic mass is 10.0. The molecule has 0 aliphatic rings. The van der Waals surface area contributed by atoms with E-state index in [0.717, 1.165) is 21.0 Å². The lowest BCUT2D eigenvalue weighted by Crippen LogP contribution is -1.99. The van der Waals surface area contributed by atoms with E-state index in [0.29, 0.717) is 27.3 Å². The van der Waals surface area contributed by atoms with Crippen LogP contribution in [-0.2, 0) is 0 Å². The number of aromatic nitrogens is 2. The highest BCUT2D eigenvalue weighted by molar-refractivity contribution is 9.10. The van der Waals surface area contributed by atoms with Crippen molar-refractivity contribution in [1.82, 2.24) is 9.97 Å². The molecular formula is C16H12BrCl2N3O. The second-order valence-corrected chi connectivity index (χ2v) is 6.53. The van der Waals surface area contributed by atoms with Gasteiger partial charge in [-0.05, 0) is 51.3 Å². The van der Waals surface area contributed by atoms with Gasteiger partial charge in [0.2, 0.25) is 5.95 Å². The van der Waals surface area contributed by atoms with Crippen LogP contribution < -0.4 is 10.1 Å². The molecule has 0 aliphatic carbocycles. The molecule has 0 amide bonds. The number of ether oxygens (including phenoxy) is 1. The monoisotopic (exact) mass is 411 g/mol. The summed E-state index contributed by atoms with van der Waals surface area (Å²) in [6, 6.07) is 7.36. The summed E-state index contributed by atoms with van der Waals surface area (Å²) in [6.07, 6.45) is 1.76. The molecule has 1 heterocycles. The van der Waals surface area contributed by atoms with Gasteiger partial charge in [0.15, 0.2) is 5.75 Å². The summed E-state index contributed by atoms with van der Waals surface area (Å²) in [5.41, 5.74) is 2.50. The summed E-state index contributed by atoms with van der Waals surface area (Å²) in [5.74, 6) is 1.17. The van der Waals surface area contributed by atoms with Crippen LogP contribution in [0.3, 0.4) is 0 Å². The Kier molecular flexibility index (Phi) is 4.62. The van der Waals surface area contributed by atoms with Gasteiger partial charge in [-0.3, -0.25) is 0 Å². The largest absolute Gasteiger partial charge is 0.493 e. The standard InChI is InChI=1S/C16H12BrCl2N3O/c1-20-16-21-7-12-11(8-3-9(18)5-10(19)4-8)6-13(17)15(23-2)14(12)22-16/h3-7H,1-2H3,(H,20,21,22). The fourth-order valence-electron chi connectivity index (χ4n) is 2.40. The topological polar surface area (TPSA) is 47.0 Å². The van der Waals surface area contributed by atoms with E-state index in [9.17, 15) is 0 Å². The minimum Gasteiger partial charge on any atom is -0.493 e. The number of halogens is 3. The minimum atomic E-state index is 0.518. The number of anilines is 1. The van der Waals surface area contributed by atoms with Gasteiger partial charge in [0.25, 0.3) is 0 Å². The summed E-state index contributed by atoms with van der Waals surface area (Å²) in [5, 5.41) is 4.92. The first-order chi connectivity index (χ1) is 11.0. The van der Waals surface area contributed by atoms with Crippen molar-refractivity contribution in [3.8, 4) is 16.9 Å². The second-order valence-electron chi connectivity index (χ2n) is 4.80. The maximum atomic E-state index is 6.14. The van der Waals surface area contributed by atoms with Crippen molar-refractivity contribution in [2.45, 2.75) is 0 Å². The van der Waals surface area contributed by atoms with Crippen LogP contribution in [0.1, 0.15) is 0 Å². The van der Waals surface area contributed by atoms with E-state index < -0.39 is 0 Å². The molecule has 118 valence electrons. The van der Waals surface area contributed by atoms with Gasteiger partial charge in [0.05, 0.1) is 11.6 Å². The van der Waals surface area contributed by atoms with Crippen LogP contribution >= 0.6 is 39.1 Å². The second kappa shape index (κ2) is 6.51. The molecule has 0 unspecified atom stereocenters. The van der Waals surface area contributed by atoms with E-state index in [1.54, 1.807) is 26.4 Å². The molecule has 0 fully saturated rings. The third-order valence-corrected chi connectivity index (χ3v) is 4.41. The van der Waals surface area contributed by atoms with E-state index >= 15 is 0 Å². The van der Waals surface area contributed by atoms with E-state index in [1.807, 2.05) is 18.2 Å². The van der Waals surface area contributed by atoms with E-state index in [-0.39, 0.29) is 0 Å². The molecule has 0 aliphatic heterocycles. The summed E-state index contributed by atoms with van der Waals surface area (Å²) in [7, 11) is 3.37. The normalized spacial score (nSPS) is 10.8. The summed E-state index contributed by atoms with van der Waals surface area (Å²) < 4.78 is 6.27. The molecular weight excluding hydrogens is 401 g/mol. The van der Waals surface area contributed by atoms with Gasteiger partial charge in [-0.25, -0.2) is 9.97 Å². The summed E-state index contributed by atoms with van der Waals surface area (Å²) in [4.78, 5) is 8.82. The third-order valence-electron chi connectivity index (χ3n) is 3.38. The smallest absolute Gasteiger partial charge is 0.223 e. The Balaban J connectivity index is 2.37. The lowest BCUT2D eigenvalue weighted by molar-refractivity contribution is 0.416. The SMILES string of the molecule is CNc1ncc2c(-c3cc(Cl)cc(Cl)c3)cc(Br)c(OC)c2n1. The molecule has 2 aromatic carbocycles. The molecule has 0 bridgehead atoms. The molecule has 4 nitrogen and oxygen atoms in total. The van der Waals surface area contributed by atoms with E-state index in [1.165, 1.54) is 0 Å². The Morgan fingerprint density at radius 3 is 2.43 bits per heavy atom. The number of hydrogen-bond donors (Lipinski definition) is 1. The molecule has 3 rings (SSSR count). The summed E-state index contributed by atoms with van der Waals surface area (Å²) in [6.45, 7) is 0. The fraction of sp³-hybridized carbons (Fsp3) is 0.125. The highest BCUT2D eigenvalue weighted by atomic mass is 79.9. The maximum Gasteiger partial charge on any atom is 0.223 e. The van der Waals surface area contributed by atoms with Gasteiger partial charge in [-0.2, -0.15) is 0 Å². The van der Waals surface area contributed by atoms with Crippen LogP contribution in [0.25, 0.3) is 22.0 Å². The van der Waals surface area contributed by atoms with Crippen molar-refractivity contribution >= 4 is 56.0 Å². The van der Waals surface area contributed by atoms with Crippen molar-refractivity contribution in [3.63, 3.8) is 0 Å². The number of rotatable bonds is 3. The number of hydrogen-bond acceptors (Lipinski definition) is 4. The molecule has 0 saturated carbocycles. The molecule has 3 aromatic rings. The molecule has 0 saturated heterocycles. The number of benzene rings is 2. The van der Waals surface area contributed by atoms with Gasteiger partial charge in [0.1, 0.15) is 5.52 Å². The van der Waals surface area contributed by atoms with E-state index in [2.05, 4.69) is 31.2 Å². The number of fused-ring (bicyclic) bond motifs is 1. The lowest BCUT2D eigenvalue weighted by Gasteiger charge is -2.13. The molecule has 0 atom stereocenters. The van der Waals surface area contributed by atoms with Gasteiger partial charge in [-0.1, -0.05) is 23.2 Å². The average Bonchev–Trinajstić information content (AvgIpc) is 2.52. The molecule has 23 heavy (non-hydrogen) atoms. The van der Waals surface area contributed by atoms with Crippen molar-refractivity contribution in [3.05, 3.63) is 45.0 Å². The number of methoxy groups -OCH3 is 1. The van der Waals surface area contributed by atoms with Crippen LogP contribution in [0.2, 0.25) is 10.0 Å². The first kappa shape index (κ1) is 16.3. The van der Waals surface area contributed by atoms with Crippen molar-refractivity contribution in [1.29, 1.82) is 0 Å². The molecule has 1 N–H and O–H groups in total. The Bertz CT molecular complexity index is 882. The van der Waals surface area contributed by atoms with Crippen LogP contribution in [0, 0.1) is 0 Å². The van der Waals surface area contributed by atoms with Crippen LogP contribution in [0.5, 0.6) is 5.75 Å². The van der Waals surface area contributed by atoms with Crippen molar-refractivity contribution in [2.75, 3.05) is 19.5 Å². The zero-order valence-electron chi connectivity index (χ0n) is 12.3. The van der Waals surface area contributed by atoms with E-state index in [4.69, 9.17) is 27.9 Å². The van der Waals surface area contributed by atoms with Crippen molar-refractivity contribution < 1.29 is 4.74 Å². The van der Waals surface area contributed by atoms with Crippen LogP contribution in [0.15, 0.2) is 34.9 Å². The highest BCUT2D eigenvalue weighted by Gasteiger charge is 2.16. The average molecular weight is 413 g/mol. The Morgan fingerprint density at radius 2 is 1.83 bits per heavy atom. The Hall–Kier alpha value is -1.56. The summed E-state index contributed by atoms with van der Waals surface area (Å²) >= 11 is 15.8. The molecule has 7 heteroatoms. The zero-order valence-corrected chi connectivity index (χ0v) is 15.4. The van der Waals surface area contributed by atoms with Crippen LogP contribution in [0.4, 0.5) is 5.95 Å². The fourth-order valence-corrected chi connectivity index (χ4v) is 3.50. The zero-order chi connectivity index (χ0) is 16.6. The van der Waals surface area contributed by atoms with Crippen molar-refractivity contribution in [2.24, 2.45) is 0 Å². The first-order valence-electron chi connectivity index (χ1n) is 6.71. The maximum absolute atomic E-state index is 6.14. The first-order valence-corrected chi connectivity index (χ1v) is 8.26. The third kappa shape index (κ3) is 3.09. The highest BCUT2D eigenvalue weighted by Crippen LogP contribution is 2.40. The number of nitrogens with zero attached hydrogens (tertiary/aromatic N) is 2. The Labute approximate surface area is 151 Å². The molecule has 1 aromatic heterocycles. The molecule has 0 radical (unpaired) electrons.